The number of ether oxygens (including phenoxy) is 1. The van der Waals surface area contributed by atoms with Gasteiger partial charge in [-0.1, -0.05) is 18.2 Å². The molecule has 0 bridgehead atoms. The Bertz CT molecular complexity index is 1210. The molecule has 3 heterocycles. The molecule has 0 aliphatic heterocycles. The number of carbonyl (C=O) groups excluding carboxylic acids is 1. The first-order valence-electron chi connectivity index (χ1n) is 10.0. The van der Waals surface area contributed by atoms with Crippen molar-refractivity contribution >= 4 is 17.2 Å². The van der Waals surface area contributed by atoms with Crippen LogP contribution in [0.1, 0.15) is 21.9 Å². The fraction of sp³-hybridized carbons (Fsp3) is 0.261. The summed E-state index contributed by atoms with van der Waals surface area (Å²) in [6.45, 7) is 5.17. The minimum atomic E-state index is -0.163. The zero-order chi connectivity index (χ0) is 22.0. The summed E-state index contributed by atoms with van der Waals surface area (Å²) >= 11 is 1.71. The van der Waals surface area contributed by atoms with Crippen LogP contribution >= 0.6 is 11.3 Å². The molecule has 0 saturated carbocycles. The van der Waals surface area contributed by atoms with E-state index in [0.29, 0.717) is 18.8 Å². The highest BCUT2D eigenvalue weighted by Gasteiger charge is 2.16. The predicted octanol–water partition coefficient (Wildman–Crippen LogP) is 4.07. The maximum atomic E-state index is 12.7. The minimum absolute atomic E-state index is 0.163. The van der Waals surface area contributed by atoms with Crippen LogP contribution in [0.2, 0.25) is 0 Å². The van der Waals surface area contributed by atoms with Gasteiger partial charge in [0.25, 0.3) is 5.91 Å². The van der Waals surface area contributed by atoms with Gasteiger partial charge in [0, 0.05) is 35.3 Å². The second-order valence-corrected chi connectivity index (χ2v) is 8.22. The van der Waals surface area contributed by atoms with Crippen LogP contribution in [0.5, 0.6) is 5.75 Å². The van der Waals surface area contributed by atoms with Gasteiger partial charge < -0.3 is 10.1 Å². The van der Waals surface area contributed by atoms with Gasteiger partial charge in [-0.2, -0.15) is 10.2 Å². The van der Waals surface area contributed by atoms with Crippen molar-refractivity contribution in [1.82, 2.24) is 24.9 Å². The largest absolute Gasteiger partial charge is 0.497 e. The Hall–Kier alpha value is -3.39. The molecule has 0 spiro atoms. The second-order valence-electron chi connectivity index (χ2n) is 7.27. The fourth-order valence-corrected chi connectivity index (χ4v) is 4.54. The normalized spacial score (nSPS) is 11.0. The topological polar surface area (TPSA) is 74.0 Å². The van der Waals surface area contributed by atoms with E-state index in [0.717, 1.165) is 28.4 Å². The lowest BCUT2D eigenvalue weighted by Crippen LogP contribution is -2.29. The highest BCUT2D eigenvalue weighted by atomic mass is 32.1. The van der Waals surface area contributed by atoms with Crippen molar-refractivity contribution < 1.29 is 9.53 Å². The molecule has 0 unspecified atom stereocenters. The summed E-state index contributed by atoms with van der Waals surface area (Å²) < 4.78 is 8.83. The van der Waals surface area contributed by atoms with Gasteiger partial charge in [-0.3, -0.25) is 14.2 Å². The van der Waals surface area contributed by atoms with Gasteiger partial charge in [-0.25, -0.2) is 0 Å². The van der Waals surface area contributed by atoms with Crippen LogP contribution in [0.4, 0.5) is 0 Å². The predicted molar refractivity (Wildman–Crippen MR) is 123 cm³/mol. The Labute approximate surface area is 185 Å². The fourth-order valence-electron chi connectivity index (χ4n) is 3.66. The van der Waals surface area contributed by atoms with Gasteiger partial charge in [0.15, 0.2) is 0 Å². The summed E-state index contributed by atoms with van der Waals surface area (Å²) in [7, 11) is 3.40. The molecule has 0 aliphatic carbocycles. The first kappa shape index (κ1) is 20.9. The Balaban J connectivity index is 1.43. The highest BCUT2D eigenvalue weighted by molar-refractivity contribution is 7.13. The molecule has 160 valence electrons. The molecule has 0 radical (unpaired) electrons. The molecule has 7 nitrogen and oxygen atoms in total. The molecule has 31 heavy (non-hydrogen) atoms. The third-order valence-corrected chi connectivity index (χ3v) is 6.12. The summed E-state index contributed by atoms with van der Waals surface area (Å²) in [6.07, 6.45) is 0. The molecular weight excluding hydrogens is 410 g/mol. The summed E-state index contributed by atoms with van der Waals surface area (Å²) in [5, 5.41) is 14.2. The summed E-state index contributed by atoms with van der Waals surface area (Å²) in [4.78, 5) is 14.0. The van der Waals surface area contributed by atoms with Crippen LogP contribution in [0.25, 0.3) is 21.7 Å². The zero-order valence-electron chi connectivity index (χ0n) is 18.0. The van der Waals surface area contributed by atoms with Crippen molar-refractivity contribution in [2.45, 2.75) is 20.4 Å². The number of hydrogen-bond donors (Lipinski definition) is 1. The molecule has 8 heteroatoms. The zero-order valence-corrected chi connectivity index (χ0v) is 18.9. The molecule has 0 fully saturated rings. The molecule has 0 saturated heterocycles. The first-order chi connectivity index (χ1) is 15.0. The summed E-state index contributed by atoms with van der Waals surface area (Å²) in [6, 6.07) is 13.6. The molecule has 1 amide bonds. The number of aromatic nitrogens is 4. The summed E-state index contributed by atoms with van der Waals surface area (Å²) in [5.41, 5.74) is 5.42. The van der Waals surface area contributed by atoms with E-state index in [1.807, 2.05) is 41.9 Å². The quantitative estimate of drug-likeness (QED) is 0.475. The number of amides is 1. The van der Waals surface area contributed by atoms with E-state index in [9.17, 15) is 4.79 Å². The van der Waals surface area contributed by atoms with Gasteiger partial charge in [-0.15, -0.1) is 11.3 Å². The van der Waals surface area contributed by atoms with Crippen LogP contribution in [-0.2, 0) is 13.6 Å². The average Bonchev–Trinajstić information content (AvgIpc) is 3.48. The maximum Gasteiger partial charge on any atom is 0.269 e. The monoisotopic (exact) mass is 435 g/mol. The van der Waals surface area contributed by atoms with Gasteiger partial charge in [0.1, 0.15) is 11.4 Å². The molecule has 0 atom stereocenters. The van der Waals surface area contributed by atoms with Crippen LogP contribution in [0.15, 0.2) is 47.8 Å². The van der Waals surface area contributed by atoms with E-state index in [-0.39, 0.29) is 5.91 Å². The third-order valence-electron chi connectivity index (χ3n) is 5.24. The van der Waals surface area contributed by atoms with Gasteiger partial charge in [0.05, 0.1) is 25.0 Å². The molecule has 0 aliphatic rings. The number of hydrogen-bond acceptors (Lipinski definition) is 5. The molecule has 1 aromatic carbocycles. The van der Waals surface area contributed by atoms with E-state index in [2.05, 4.69) is 33.9 Å². The van der Waals surface area contributed by atoms with Crippen molar-refractivity contribution in [3.63, 3.8) is 0 Å². The van der Waals surface area contributed by atoms with Gasteiger partial charge in [0.2, 0.25) is 0 Å². The smallest absolute Gasteiger partial charge is 0.269 e. The van der Waals surface area contributed by atoms with Crippen molar-refractivity contribution in [1.29, 1.82) is 0 Å². The third kappa shape index (κ3) is 4.25. The SMILES string of the molecule is COc1cccc(-c2cc(C(=O)NCCn3nc(C)c(-c4cccs4)c3C)n(C)n2)c1. The molecule has 1 N–H and O–H groups in total. The van der Waals surface area contributed by atoms with Crippen LogP contribution in [0, 0.1) is 13.8 Å². The average molecular weight is 436 g/mol. The Kier molecular flexibility index (Phi) is 5.90. The van der Waals surface area contributed by atoms with Crippen molar-refractivity contribution in [2.75, 3.05) is 13.7 Å². The van der Waals surface area contributed by atoms with Crippen LogP contribution < -0.4 is 10.1 Å². The number of rotatable bonds is 7. The van der Waals surface area contributed by atoms with Crippen molar-refractivity contribution in [3.05, 3.63) is 64.9 Å². The van der Waals surface area contributed by atoms with E-state index >= 15 is 0 Å². The van der Waals surface area contributed by atoms with Gasteiger partial charge in [-0.05, 0) is 43.5 Å². The second kappa shape index (κ2) is 8.77. The Morgan fingerprint density at radius 1 is 1.16 bits per heavy atom. The molecule has 3 aromatic heterocycles. The van der Waals surface area contributed by atoms with E-state index in [4.69, 9.17) is 4.74 Å². The Morgan fingerprint density at radius 3 is 2.74 bits per heavy atom. The molecule has 4 rings (SSSR count). The lowest BCUT2D eigenvalue weighted by atomic mass is 10.1. The van der Waals surface area contributed by atoms with E-state index in [1.165, 1.54) is 10.4 Å². The van der Waals surface area contributed by atoms with Crippen molar-refractivity contribution in [3.8, 4) is 27.4 Å². The number of benzene rings is 1. The number of carbonyl (C=O) groups is 1. The minimum Gasteiger partial charge on any atom is -0.497 e. The number of nitrogens with zero attached hydrogens (tertiary/aromatic N) is 4. The van der Waals surface area contributed by atoms with Crippen LogP contribution in [-0.4, -0.2) is 39.1 Å². The summed E-state index contributed by atoms with van der Waals surface area (Å²) in [5.74, 6) is 0.588. The highest BCUT2D eigenvalue weighted by Crippen LogP contribution is 2.30. The number of nitrogens with one attached hydrogen (secondary N) is 1. The van der Waals surface area contributed by atoms with E-state index in [1.54, 1.807) is 36.2 Å². The maximum absolute atomic E-state index is 12.7. The van der Waals surface area contributed by atoms with Crippen LogP contribution in [0.3, 0.4) is 0 Å². The Morgan fingerprint density at radius 2 is 2.00 bits per heavy atom. The molecular formula is C23H25N5O2S. The number of methoxy groups -OCH3 is 1. The number of thiophene rings is 1. The lowest BCUT2D eigenvalue weighted by molar-refractivity contribution is 0.0942. The van der Waals surface area contributed by atoms with Crippen molar-refractivity contribution in [2.24, 2.45) is 7.05 Å². The van der Waals surface area contributed by atoms with Gasteiger partial charge >= 0.3 is 0 Å². The van der Waals surface area contributed by atoms with E-state index < -0.39 is 0 Å². The number of aryl methyl sites for hydroxylation is 2. The first-order valence-corrected chi connectivity index (χ1v) is 10.9. The molecule has 4 aromatic rings. The standard InChI is InChI=1S/C23H25N5O2S/c1-15-22(21-9-6-12-31-21)16(2)28(25-15)11-10-24-23(29)20-14-19(26-27(20)3)17-7-5-8-18(13-17)30-4/h5-9,12-14H,10-11H2,1-4H3,(H,24,29). The lowest BCUT2D eigenvalue weighted by Gasteiger charge is -2.07.